The van der Waals surface area contributed by atoms with Gasteiger partial charge in [-0.25, -0.2) is 0 Å². The Kier molecular flexibility index (Phi) is 8.70. The molecule has 2 aliphatic rings. The van der Waals surface area contributed by atoms with E-state index in [1.54, 1.807) is 0 Å². The van der Waals surface area contributed by atoms with Gasteiger partial charge >= 0.3 is 0 Å². The summed E-state index contributed by atoms with van der Waals surface area (Å²) in [5, 5.41) is 3.25. The number of hydrogen-bond donors (Lipinski definition) is 1. The molecule has 2 rings (SSSR count). The fraction of sp³-hybridized carbons (Fsp3) is 0.857. The number of nitrogens with one attached hydrogen (secondary N) is 1. The standard InChI is InChI=1S/C14H26N4O3.ClH/c1-21-12-14(20)18-10-8-16(9-11-18)5-2-13(19)17-6-3-15-4-7-17;/h15H,2-12H2,1H3;1H. The van der Waals surface area contributed by atoms with E-state index in [2.05, 4.69) is 10.2 Å². The number of methoxy groups -OCH3 is 1. The molecule has 128 valence electrons. The number of carbonyl (C=O) groups excluding carboxylic acids is 2. The van der Waals surface area contributed by atoms with Crippen molar-refractivity contribution in [2.75, 3.05) is 72.6 Å². The summed E-state index contributed by atoms with van der Waals surface area (Å²) in [5.74, 6) is 0.295. The Bertz CT molecular complexity index is 356. The maximum Gasteiger partial charge on any atom is 0.248 e. The number of rotatable bonds is 5. The zero-order chi connectivity index (χ0) is 15.1. The summed E-state index contributed by atoms with van der Waals surface area (Å²) in [4.78, 5) is 29.8. The van der Waals surface area contributed by atoms with Crippen molar-refractivity contribution in [3.05, 3.63) is 0 Å². The number of hydrogen-bond acceptors (Lipinski definition) is 5. The van der Waals surface area contributed by atoms with Crippen molar-refractivity contribution >= 4 is 24.2 Å². The van der Waals surface area contributed by atoms with Crippen LogP contribution in [0.2, 0.25) is 0 Å². The normalized spacial score (nSPS) is 19.7. The van der Waals surface area contributed by atoms with Gasteiger partial charge in [0.05, 0.1) is 0 Å². The third kappa shape index (κ3) is 5.72. The topological polar surface area (TPSA) is 65.1 Å². The van der Waals surface area contributed by atoms with Crippen LogP contribution in [0.25, 0.3) is 0 Å². The quantitative estimate of drug-likeness (QED) is 0.700. The van der Waals surface area contributed by atoms with Crippen LogP contribution < -0.4 is 5.32 Å². The monoisotopic (exact) mass is 334 g/mol. The van der Waals surface area contributed by atoms with E-state index in [9.17, 15) is 9.59 Å². The molecule has 2 heterocycles. The maximum absolute atomic E-state index is 12.1. The van der Waals surface area contributed by atoms with Crippen LogP contribution in [0.4, 0.5) is 0 Å². The van der Waals surface area contributed by atoms with Crippen molar-refractivity contribution in [1.29, 1.82) is 0 Å². The zero-order valence-electron chi connectivity index (χ0n) is 13.3. The van der Waals surface area contributed by atoms with Crippen LogP contribution in [0, 0.1) is 0 Å². The molecule has 1 N–H and O–H groups in total. The maximum atomic E-state index is 12.1. The fourth-order valence-electron chi connectivity index (χ4n) is 2.76. The number of ether oxygens (including phenoxy) is 1. The van der Waals surface area contributed by atoms with Crippen LogP contribution in [0.15, 0.2) is 0 Å². The van der Waals surface area contributed by atoms with Crippen molar-refractivity contribution in [2.24, 2.45) is 0 Å². The van der Waals surface area contributed by atoms with E-state index < -0.39 is 0 Å². The first kappa shape index (κ1) is 19.2. The molecule has 0 radical (unpaired) electrons. The molecule has 8 heteroatoms. The molecule has 2 aliphatic heterocycles. The second kappa shape index (κ2) is 9.99. The summed E-state index contributed by atoms with van der Waals surface area (Å²) in [6.07, 6.45) is 0.575. The van der Waals surface area contributed by atoms with Crippen molar-refractivity contribution in [3.63, 3.8) is 0 Å². The van der Waals surface area contributed by atoms with Gasteiger partial charge in [0.2, 0.25) is 11.8 Å². The van der Waals surface area contributed by atoms with Gasteiger partial charge in [0.1, 0.15) is 6.61 Å². The van der Waals surface area contributed by atoms with Gasteiger partial charge in [0.25, 0.3) is 0 Å². The third-order valence-electron chi connectivity index (χ3n) is 4.10. The molecule has 0 spiro atoms. The van der Waals surface area contributed by atoms with Gasteiger partial charge in [0.15, 0.2) is 0 Å². The highest BCUT2D eigenvalue weighted by atomic mass is 35.5. The molecule has 2 amide bonds. The lowest BCUT2D eigenvalue weighted by Crippen LogP contribution is -2.51. The van der Waals surface area contributed by atoms with Gasteiger partial charge in [-0.2, -0.15) is 0 Å². The van der Waals surface area contributed by atoms with Crippen LogP contribution in [0.5, 0.6) is 0 Å². The number of halogens is 1. The predicted octanol–water partition coefficient (Wildman–Crippen LogP) is -0.979. The summed E-state index contributed by atoms with van der Waals surface area (Å²) >= 11 is 0. The molecular weight excluding hydrogens is 308 g/mol. The highest BCUT2D eigenvalue weighted by Gasteiger charge is 2.22. The summed E-state index contributed by atoms with van der Waals surface area (Å²) in [5.41, 5.74) is 0. The first-order chi connectivity index (χ1) is 10.2. The SMILES string of the molecule is COCC(=O)N1CCN(CCC(=O)N2CCNCC2)CC1.Cl. The summed E-state index contributed by atoms with van der Waals surface area (Å²) in [6, 6.07) is 0. The molecule has 2 fully saturated rings. The van der Waals surface area contributed by atoms with E-state index in [-0.39, 0.29) is 30.8 Å². The lowest BCUT2D eigenvalue weighted by molar-refractivity contribution is -0.137. The Balaban J connectivity index is 0.00000242. The molecule has 0 bridgehead atoms. The largest absolute Gasteiger partial charge is 0.375 e. The van der Waals surface area contributed by atoms with Gasteiger partial charge in [0, 0.05) is 72.4 Å². The van der Waals surface area contributed by atoms with Gasteiger partial charge in [-0.1, -0.05) is 0 Å². The van der Waals surface area contributed by atoms with E-state index in [0.717, 1.165) is 58.9 Å². The number of nitrogens with zero attached hydrogens (tertiary/aromatic N) is 3. The smallest absolute Gasteiger partial charge is 0.248 e. The van der Waals surface area contributed by atoms with Crippen LogP contribution in [-0.2, 0) is 14.3 Å². The van der Waals surface area contributed by atoms with E-state index in [1.165, 1.54) is 7.11 Å². The molecule has 0 atom stereocenters. The molecule has 0 aromatic carbocycles. The van der Waals surface area contributed by atoms with Gasteiger partial charge in [-0.3, -0.25) is 14.5 Å². The molecule has 7 nitrogen and oxygen atoms in total. The second-order valence-electron chi connectivity index (χ2n) is 5.54. The van der Waals surface area contributed by atoms with E-state index >= 15 is 0 Å². The van der Waals surface area contributed by atoms with Gasteiger partial charge in [-0.05, 0) is 0 Å². The Morgan fingerprint density at radius 3 is 2.14 bits per heavy atom. The summed E-state index contributed by atoms with van der Waals surface area (Å²) in [6.45, 7) is 7.49. The van der Waals surface area contributed by atoms with Gasteiger partial charge < -0.3 is 19.9 Å². The summed E-state index contributed by atoms with van der Waals surface area (Å²) < 4.78 is 4.87. The third-order valence-corrected chi connectivity index (χ3v) is 4.10. The average Bonchev–Trinajstić information content (AvgIpc) is 2.54. The Morgan fingerprint density at radius 2 is 1.55 bits per heavy atom. The number of piperazine rings is 2. The molecule has 0 saturated carbocycles. The van der Waals surface area contributed by atoms with Crippen molar-refractivity contribution < 1.29 is 14.3 Å². The van der Waals surface area contributed by atoms with Crippen LogP contribution in [0.1, 0.15) is 6.42 Å². The molecule has 22 heavy (non-hydrogen) atoms. The van der Waals surface area contributed by atoms with Crippen LogP contribution >= 0.6 is 12.4 Å². The second-order valence-corrected chi connectivity index (χ2v) is 5.54. The predicted molar refractivity (Wildman–Crippen MR) is 86.2 cm³/mol. The lowest BCUT2D eigenvalue weighted by atomic mass is 10.2. The lowest BCUT2D eigenvalue weighted by Gasteiger charge is -2.35. The molecule has 0 aromatic rings. The average molecular weight is 335 g/mol. The molecular formula is C14H27ClN4O3. The zero-order valence-corrected chi connectivity index (χ0v) is 14.1. The van der Waals surface area contributed by atoms with Crippen LogP contribution in [0.3, 0.4) is 0 Å². The molecule has 0 unspecified atom stereocenters. The first-order valence-electron chi connectivity index (χ1n) is 7.68. The van der Waals surface area contributed by atoms with E-state index in [4.69, 9.17) is 4.74 Å². The number of amides is 2. The van der Waals surface area contributed by atoms with Crippen molar-refractivity contribution in [3.8, 4) is 0 Å². The van der Waals surface area contributed by atoms with Crippen molar-refractivity contribution in [2.45, 2.75) is 6.42 Å². The summed E-state index contributed by atoms with van der Waals surface area (Å²) in [7, 11) is 1.54. The van der Waals surface area contributed by atoms with Crippen LogP contribution in [-0.4, -0.2) is 99.1 Å². The van der Waals surface area contributed by atoms with E-state index in [0.29, 0.717) is 6.42 Å². The Labute approximate surface area is 138 Å². The molecule has 0 aromatic heterocycles. The Morgan fingerprint density at radius 1 is 0.955 bits per heavy atom. The Hall–Kier alpha value is -0.890. The van der Waals surface area contributed by atoms with Gasteiger partial charge in [-0.15, -0.1) is 12.4 Å². The minimum absolute atomic E-state index is 0. The van der Waals surface area contributed by atoms with E-state index in [1.807, 2.05) is 9.80 Å². The molecule has 0 aliphatic carbocycles. The molecule has 2 saturated heterocycles. The fourth-order valence-corrected chi connectivity index (χ4v) is 2.76. The minimum atomic E-state index is 0. The first-order valence-corrected chi connectivity index (χ1v) is 7.68. The highest BCUT2D eigenvalue weighted by Crippen LogP contribution is 2.05. The van der Waals surface area contributed by atoms with Crippen molar-refractivity contribution in [1.82, 2.24) is 20.0 Å². The number of carbonyl (C=O) groups is 2. The minimum Gasteiger partial charge on any atom is -0.375 e. The highest BCUT2D eigenvalue weighted by molar-refractivity contribution is 5.85.